The van der Waals surface area contributed by atoms with E-state index in [1.165, 1.54) is 0 Å². The van der Waals surface area contributed by atoms with Crippen LogP contribution in [0.3, 0.4) is 0 Å². The molecule has 0 bridgehead atoms. The summed E-state index contributed by atoms with van der Waals surface area (Å²) < 4.78 is 17.5. The fourth-order valence-electron chi connectivity index (χ4n) is 1.98. The predicted molar refractivity (Wildman–Crippen MR) is 110 cm³/mol. The van der Waals surface area contributed by atoms with Crippen molar-refractivity contribution in [3.63, 3.8) is 0 Å². The maximum absolute atomic E-state index is 12.0. The monoisotopic (exact) mass is 410 g/mol. The molecule has 0 aliphatic rings. The molecule has 0 rings (SSSR count). The molecule has 0 aliphatic carbocycles. The van der Waals surface area contributed by atoms with Gasteiger partial charge in [0.1, 0.15) is 6.54 Å². The Hall–Kier alpha value is -0.440. The van der Waals surface area contributed by atoms with Gasteiger partial charge in [-0.25, -0.2) is 4.84 Å². The molecular formula is C19H41ClN3O4+. The van der Waals surface area contributed by atoms with Gasteiger partial charge in [-0.2, -0.15) is 0 Å². The number of hydrogen-bond donors (Lipinski definition) is 1. The van der Waals surface area contributed by atoms with E-state index in [-0.39, 0.29) is 11.4 Å². The number of nitrogens with zero attached hydrogens (tertiary/aromatic N) is 2. The van der Waals surface area contributed by atoms with Crippen LogP contribution in [0.1, 0.15) is 33.6 Å². The van der Waals surface area contributed by atoms with E-state index in [1.54, 1.807) is 11.9 Å². The Bertz CT molecular complexity index is 395. The Morgan fingerprint density at radius 3 is 2.07 bits per heavy atom. The molecule has 0 aromatic heterocycles. The fraction of sp³-hybridized carbons (Fsp3) is 0.947. The summed E-state index contributed by atoms with van der Waals surface area (Å²) in [5, 5.41) is 0. The van der Waals surface area contributed by atoms with Crippen LogP contribution in [0.2, 0.25) is 0 Å². The van der Waals surface area contributed by atoms with Gasteiger partial charge in [-0.1, -0.05) is 0 Å². The van der Waals surface area contributed by atoms with Gasteiger partial charge in [-0.3, -0.25) is 4.79 Å². The van der Waals surface area contributed by atoms with Crippen molar-refractivity contribution in [1.29, 1.82) is 0 Å². The van der Waals surface area contributed by atoms with Crippen molar-refractivity contribution in [1.82, 2.24) is 9.74 Å². The van der Waals surface area contributed by atoms with E-state index in [4.69, 9.17) is 26.0 Å². The summed E-state index contributed by atoms with van der Waals surface area (Å²) in [7, 11) is 6.19. The van der Waals surface area contributed by atoms with Gasteiger partial charge in [0, 0.05) is 19.1 Å². The Kier molecular flexibility index (Phi) is 14.3. The lowest BCUT2D eigenvalue weighted by Gasteiger charge is -2.27. The molecule has 0 unspecified atom stereocenters. The molecule has 1 amide bonds. The average Bonchev–Trinajstić information content (AvgIpc) is 2.63. The SMILES string of the molecule is CC[N+](C)(C)CCOCCOCCOCCC(=O)N(C)CCC(C)(C)NCl. The first-order valence-corrected chi connectivity index (χ1v) is 10.2. The second-order valence-corrected chi connectivity index (χ2v) is 8.30. The number of hydrogen-bond acceptors (Lipinski definition) is 5. The fourth-order valence-corrected chi connectivity index (χ4v) is 2.08. The van der Waals surface area contributed by atoms with Gasteiger partial charge < -0.3 is 23.6 Å². The maximum Gasteiger partial charge on any atom is 0.224 e. The Balaban J connectivity index is 3.49. The van der Waals surface area contributed by atoms with Crippen molar-refractivity contribution in [2.75, 3.05) is 80.4 Å². The first-order chi connectivity index (χ1) is 12.6. The quantitative estimate of drug-likeness (QED) is 0.225. The van der Waals surface area contributed by atoms with E-state index in [0.29, 0.717) is 46.0 Å². The van der Waals surface area contributed by atoms with Crippen LogP contribution in [0.4, 0.5) is 0 Å². The maximum atomic E-state index is 12.0. The summed E-state index contributed by atoms with van der Waals surface area (Å²) in [5.41, 5.74) is -0.195. The molecule has 0 aromatic rings. The second-order valence-electron chi connectivity index (χ2n) is 8.11. The van der Waals surface area contributed by atoms with Gasteiger partial charge in [-0.15, -0.1) is 0 Å². The van der Waals surface area contributed by atoms with Crippen molar-refractivity contribution in [3.05, 3.63) is 0 Å². The van der Waals surface area contributed by atoms with Crippen LogP contribution in [0, 0.1) is 0 Å². The normalized spacial score (nSPS) is 12.4. The molecule has 0 fully saturated rings. The van der Waals surface area contributed by atoms with E-state index in [1.807, 2.05) is 13.8 Å². The highest BCUT2D eigenvalue weighted by Gasteiger charge is 2.18. The summed E-state index contributed by atoms with van der Waals surface area (Å²) in [5.74, 6) is 0.0723. The zero-order valence-electron chi connectivity index (χ0n) is 18.2. The Morgan fingerprint density at radius 1 is 1.04 bits per heavy atom. The number of halogens is 1. The summed E-state index contributed by atoms with van der Waals surface area (Å²) >= 11 is 5.67. The first-order valence-electron chi connectivity index (χ1n) is 9.80. The van der Waals surface area contributed by atoms with Gasteiger partial charge in [0.2, 0.25) is 5.91 Å². The molecule has 8 heteroatoms. The van der Waals surface area contributed by atoms with Gasteiger partial charge in [0.15, 0.2) is 0 Å². The number of carbonyl (C=O) groups excluding carboxylic acids is 1. The number of quaternary nitrogens is 1. The summed E-state index contributed by atoms with van der Waals surface area (Å²) in [6.45, 7) is 12.2. The van der Waals surface area contributed by atoms with Gasteiger partial charge in [-0.05, 0) is 39.0 Å². The lowest BCUT2D eigenvalue weighted by atomic mass is 10.0. The third kappa shape index (κ3) is 15.2. The topological polar surface area (TPSA) is 60.0 Å². The Labute approximate surface area is 171 Å². The first kappa shape index (κ1) is 26.6. The summed E-state index contributed by atoms with van der Waals surface area (Å²) in [6, 6.07) is 0. The predicted octanol–water partition coefficient (Wildman–Crippen LogP) is 1.89. The van der Waals surface area contributed by atoms with Crippen LogP contribution in [-0.2, 0) is 19.0 Å². The van der Waals surface area contributed by atoms with Crippen LogP contribution in [0.15, 0.2) is 0 Å². The van der Waals surface area contributed by atoms with E-state index >= 15 is 0 Å². The largest absolute Gasteiger partial charge is 0.379 e. The molecule has 0 spiro atoms. The van der Waals surface area contributed by atoms with E-state index in [0.717, 1.165) is 30.6 Å². The molecule has 0 heterocycles. The van der Waals surface area contributed by atoms with E-state index in [2.05, 4.69) is 25.9 Å². The smallest absolute Gasteiger partial charge is 0.224 e. The minimum atomic E-state index is -0.195. The molecule has 0 radical (unpaired) electrons. The zero-order chi connectivity index (χ0) is 20.8. The molecule has 162 valence electrons. The highest BCUT2D eigenvalue weighted by atomic mass is 35.5. The van der Waals surface area contributed by atoms with Gasteiger partial charge in [0.05, 0.1) is 66.7 Å². The van der Waals surface area contributed by atoms with Crippen molar-refractivity contribution in [2.24, 2.45) is 0 Å². The number of carbonyl (C=O) groups is 1. The van der Waals surface area contributed by atoms with Crippen molar-refractivity contribution >= 4 is 17.7 Å². The minimum absolute atomic E-state index is 0.0723. The summed E-state index contributed by atoms with van der Waals surface area (Å²) in [6.07, 6.45) is 1.16. The number of nitrogens with one attached hydrogen (secondary N) is 1. The Morgan fingerprint density at radius 2 is 1.56 bits per heavy atom. The molecule has 0 aliphatic heterocycles. The third-order valence-electron chi connectivity index (χ3n) is 4.66. The molecule has 0 saturated heterocycles. The number of likely N-dealkylation sites (N-methyl/N-ethyl adjacent to an activating group) is 1. The van der Waals surface area contributed by atoms with Crippen LogP contribution < -0.4 is 4.84 Å². The van der Waals surface area contributed by atoms with Crippen LogP contribution in [0.25, 0.3) is 0 Å². The number of amides is 1. The van der Waals surface area contributed by atoms with Gasteiger partial charge >= 0.3 is 0 Å². The van der Waals surface area contributed by atoms with Crippen LogP contribution >= 0.6 is 11.8 Å². The standard InChI is InChI=1S/C19H41ClN3O4/c1-7-23(5,6)11-13-26-15-17-27-16-14-25-12-8-18(24)22(4)10-9-19(2,3)21-20/h21H,7-17H2,1-6H3/q+1. The third-order valence-corrected chi connectivity index (χ3v) is 5.17. The van der Waals surface area contributed by atoms with Crippen molar-refractivity contribution < 1.29 is 23.5 Å². The molecule has 27 heavy (non-hydrogen) atoms. The highest BCUT2D eigenvalue weighted by molar-refractivity contribution is 6.13. The lowest BCUT2D eigenvalue weighted by molar-refractivity contribution is -0.888. The molecule has 7 nitrogen and oxygen atoms in total. The molecule has 0 atom stereocenters. The zero-order valence-corrected chi connectivity index (χ0v) is 18.9. The van der Waals surface area contributed by atoms with Crippen LogP contribution in [0.5, 0.6) is 0 Å². The minimum Gasteiger partial charge on any atom is -0.379 e. The summed E-state index contributed by atoms with van der Waals surface area (Å²) in [4.78, 5) is 16.5. The van der Waals surface area contributed by atoms with E-state index in [9.17, 15) is 4.79 Å². The molecule has 0 saturated carbocycles. The van der Waals surface area contributed by atoms with Crippen molar-refractivity contribution in [3.8, 4) is 0 Å². The average molecular weight is 411 g/mol. The molecule has 1 N–H and O–H groups in total. The van der Waals surface area contributed by atoms with Gasteiger partial charge in [0.25, 0.3) is 0 Å². The van der Waals surface area contributed by atoms with Crippen molar-refractivity contribution in [2.45, 2.75) is 39.2 Å². The highest BCUT2D eigenvalue weighted by Crippen LogP contribution is 2.10. The van der Waals surface area contributed by atoms with E-state index < -0.39 is 0 Å². The molecular weight excluding hydrogens is 370 g/mol. The number of ether oxygens (including phenoxy) is 3. The number of rotatable bonds is 17. The molecule has 0 aromatic carbocycles. The van der Waals surface area contributed by atoms with Crippen LogP contribution in [-0.4, -0.2) is 101 Å². The lowest BCUT2D eigenvalue weighted by Crippen LogP contribution is -2.42. The second kappa shape index (κ2) is 14.5.